The Bertz CT molecular complexity index is 997. The first-order valence-electron chi connectivity index (χ1n) is 9.19. The fourth-order valence-corrected chi connectivity index (χ4v) is 3.52. The van der Waals surface area contributed by atoms with Crippen molar-refractivity contribution in [3.8, 4) is 11.9 Å². The molecule has 9 heteroatoms. The topological polar surface area (TPSA) is 116 Å². The standard InChI is InChI=1S/C20H17N5O4/c21-10-16-18(23-8-7-22-16)29-13-4-3-9-24(11-13)17(26)12-25-19(27)14-5-1-2-6-15(14)20(25)28/h1-2,5-8,13H,3-4,9,11-12H2. The minimum Gasteiger partial charge on any atom is -0.470 e. The number of nitrogens with zero attached hydrogens (tertiary/aromatic N) is 5. The Morgan fingerprint density at radius 3 is 2.55 bits per heavy atom. The first kappa shape index (κ1) is 18.6. The Kier molecular flexibility index (Phi) is 4.91. The molecule has 0 bridgehead atoms. The lowest BCUT2D eigenvalue weighted by atomic mass is 10.1. The van der Waals surface area contributed by atoms with Gasteiger partial charge in [0.2, 0.25) is 11.6 Å². The van der Waals surface area contributed by atoms with Crippen molar-refractivity contribution >= 4 is 17.7 Å². The maximum Gasteiger partial charge on any atom is 0.262 e. The second-order valence-corrected chi connectivity index (χ2v) is 6.79. The molecule has 9 nitrogen and oxygen atoms in total. The van der Waals surface area contributed by atoms with Gasteiger partial charge in [-0.3, -0.25) is 19.3 Å². The van der Waals surface area contributed by atoms with Crippen molar-refractivity contribution in [2.45, 2.75) is 18.9 Å². The lowest BCUT2D eigenvalue weighted by Gasteiger charge is -2.33. The van der Waals surface area contributed by atoms with Crippen LogP contribution in [0.15, 0.2) is 36.7 Å². The number of carbonyl (C=O) groups is 3. The number of benzene rings is 1. The van der Waals surface area contributed by atoms with Gasteiger partial charge in [-0.15, -0.1) is 0 Å². The van der Waals surface area contributed by atoms with Crippen LogP contribution in [0.3, 0.4) is 0 Å². The van der Waals surface area contributed by atoms with Crippen molar-refractivity contribution in [2.75, 3.05) is 19.6 Å². The van der Waals surface area contributed by atoms with Crippen LogP contribution in [0.1, 0.15) is 39.3 Å². The highest BCUT2D eigenvalue weighted by molar-refractivity contribution is 6.22. The van der Waals surface area contributed by atoms with Gasteiger partial charge in [0.25, 0.3) is 17.7 Å². The number of piperidine rings is 1. The van der Waals surface area contributed by atoms with E-state index in [4.69, 9.17) is 10.00 Å². The zero-order valence-electron chi connectivity index (χ0n) is 15.4. The van der Waals surface area contributed by atoms with Crippen LogP contribution in [0.2, 0.25) is 0 Å². The van der Waals surface area contributed by atoms with E-state index in [1.54, 1.807) is 29.2 Å². The Hall–Kier alpha value is -3.80. The summed E-state index contributed by atoms with van der Waals surface area (Å²) in [4.78, 5) is 48.2. The summed E-state index contributed by atoms with van der Waals surface area (Å²) >= 11 is 0. The van der Waals surface area contributed by atoms with Gasteiger partial charge in [0.15, 0.2) is 0 Å². The lowest BCUT2D eigenvalue weighted by Crippen LogP contribution is -2.49. The van der Waals surface area contributed by atoms with Crippen LogP contribution < -0.4 is 4.74 Å². The molecule has 0 saturated carbocycles. The SMILES string of the molecule is N#Cc1nccnc1OC1CCCN(C(=O)CN2C(=O)c3ccccc3C2=O)C1. The third-order valence-electron chi connectivity index (χ3n) is 4.95. The Balaban J connectivity index is 1.41. The third kappa shape index (κ3) is 3.52. The van der Waals surface area contributed by atoms with Crippen LogP contribution in [0, 0.1) is 11.3 Å². The monoisotopic (exact) mass is 391 g/mol. The van der Waals surface area contributed by atoms with E-state index in [9.17, 15) is 14.4 Å². The summed E-state index contributed by atoms with van der Waals surface area (Å²) in [6.07, 6.45) is 3.88. The molecule has 1 aromatic carbocycles. The zero-order chi connectivity index (χ0) is 20.4. The molecule has 0 N–H and O–H groups in total. The van der Waals surface area contributed by atoms with E-state index in [0.717, 1.165) is 4.90 Å². The van der Waals surface area contributed by atoms with Crippen molar-refractivity contribution in [3.63, 3.8) is 0 Å². The zero-order valence-corrected chi connectivity index (χ0v) is 15.4. The van der Waals surface area contributed by atoms with Crippen molar-refractivity contribution in [1.29, 1.82) is 5.26 Å². The largest absolute Gasteiger partial charge is 0.470 e. The fraction of sp³-hybridized carbons (Fsp3) is 0.300. The van der Waals surface area contributed by atoms with Gasteiger partial charge in [-0.2, -0.15) is 5.26 Å². The Morgan fingerprint density at radius 2 is 1.86 bits per heavy atom. The van der Waals surface area contributed by atoms with Gasteiger partial charge in [0.05, 0.1) is 17.7 Å². The number of hydrogen-bond acceptors (Lipinski definition) is 7. The molecule has 1 fully saturated rings. The summed E-state index contributed by atoms with van der Waals surface area (Å²) in [6.45, 7) is 0.477. The van der Waals surface area contributed by atoms with Crippen LogP contribution in [0.25, 0.3) is 0 Å². The molecule has 3 heterocycles. The first-order valence-corrected chi connectivity index (χ1v) is 9.19. The number of likely N-dealkylation sites (tertiary alicyclic amines) is 1. The minimum atomic E-state index is -0.456. The van der Waals surface area contributed by atoms with Crippen molar-refractivity contribution in [3.05, 3.63) is 53.5 Å². The van der Waals surface area contributed by atoms with E-state index >= 15 is 0 Å². The fourth-order valence-electron chi connectivity index (χ4n) is 3.52. The van der Waals surface area contributed by atoms with E-state index in [-0.39, 0.29) is 36.7 Å². The Labute approximate surface area is 166 Å². The molecular weight excluding hydrogens is 374 g/mol. The van der Waals surface area contributed by atoms with Gasteiger partial charge < -0.3 is 9.64 Å². The molecular formula is C20H17N5O4. The van der Waals surface area contributed by atoms with Crippen molar-refractivity contribution < 1.29 is 19.1 Å². The highest BCUT2D eigenvalue weighted by atomic mass is 16.5. The van der Waals surface area contributed by atoms with Gasteiger partial charge in [0.1, 0.15) is 18.7 Å². The second-order valence-electron chi connectivity index (χ2n) is 6.79. The molecule has 0 aliphatic carbocycles. The van der Waals surface area contributed by atoms with Crippen LogP contribution in [0.4, 0.5) is 0 Å². The average molecular weight is 391 g/mol. The van der Waals surface area contributed by atoms with Gasteiger partial charge in [-0.05, 0) is 25.0 Å². The quantitative estimate of drug-likeness (QED) is 0.714. The molecule has 2 aliphatic rings. The van der Waals surface area contributed by atoms with Crippen LogP contribution in [-0.4, -0.2) is 63.2 Å². The molecule has 146 valence electrons. The molecule has 0 radical (unpaired) electrons. The molecule has 4 rings (SSSR count). The summed E-state index contributed by atoms with van der Waals surface area (Å²) in [5, 5.41) is 9.11. The molecule has 1 saturated heterocycles. The smallest absolute Gasteiger partial charge is 0.262 e. The highest BCUT2D eigenvalue weighted by Crippen LogP contribution is 2.23. The normalized spacial score (nSPS) is 18.4. The molecule has 2 aromatic rings. The predicted molar refractivity (Wildman–Crippen MR) is 98.8 cm³/mol. The van der Waals surface area contributed by atoms with Gasteiger partial charge in [-0.1, -0.05) is 12.1 Å². The molecule has 1 aromatic heterocycles. The van der Waals surface area contributed by atoms with Crippen LogP contribution in [0.5, 0.6) is 5.88 Å². The summed E-state index contributed by atoms with van der Waals surface area (Å²) < 4.78 is 5.78. The number of carbonyl (C=O) groups excluding carboxylic acids is 3. The van der Waals surface area contributed by atoms with Crippen LogP contribution >= 0.6 is 0 Å². The molecule has 3 amide bonds. The summed E-state index contributed by atoms with van der Waals surface area (Å²) in [5.41, 5.74) is 0.718. The van der Waals surface area contributed by atoms with Gasteiger partial charge >= 0.3 is 0 Å². The first-order chi connectivity index (χ1) is 14.1. The number of rotatable bonds is 4. The maximum absolute atomic E-state index is 12.8. The van der Waals surface area contributed by atoms with E-state index < -0.39 is 11.8 Å². The minimum absolute atomic E-state index is 0.0852. The van der Waals surface area contributed by atoms with Crippen molar-refractivity contribution in [2.24, 2.45) is 0 Å². The number of aromatic nitrogens is 2. The molecule has 29 heavy (non-hydrogen) atoms. The summed E-state index contributed by atoms with van der Waals surface area (Å²) in [5.74, 6) is -1.11. The van der Waals surface area contributed by atoms with E-state index in [1.165, 1.54) is 12.4 Å². The molecule has 2 aliphatic heterocycles. The average Bonchev–Trinajstić information content (AvgIpc) is 2.99. The summed E-state index contributed by atoms with van der Waals surface area (Å²) in [6, 6.07) is 8.46. The Morgan fingerprint density at radius 1 is 1.17 bits per heavy atom. The van der Waals surface area contributed by atoms with E-state index in [1.807, 2.05) is 6.07 Å². The number of fused-ring (bicyclic) bond motifs is 1. The summed E-state index contributed by atoms with van der Waals surface area (Å²) in [7, 11) is 0. The van der Waals surface area contributed by atoms with E-state index in [0.29, 0.717) is 30.5 Å². The lowest BCUT2D eigenvalue weighted by molar-refractivity contribution is -0.134. The van der Waals surface area contributed by atoms with E-state index in [2.05, 4.69) is 9.97 Å². The molecule has 1 unspecified atom stereocenters. The second kappa shape index (κ2) is 7.67. The number of hydrogen-bond donors (Lipinski definition) is 0. The molecule has 0 spiro atoms. The number of imide groups is 1. The molecule has 1 atom stereocenters. The van der Waals surface area contributed by atoms with Crippen LogP contribution in [-0.2, 0) is 4.79 Å². The van der Waals surface area contributed by atoms with Crippen molar-refractivity contribution in [1.82, 2.24) is 19.8 Å². The van der Waals surface area contributed by atoms with Gasteiger partial charge in [-0.25, -0.2) is 9.97 Å². The van der Waals surface area contributed by atoms with Gasteiger partial charge in [0, 0.05) is 18.9 Å². The number of amides is 3. The predicted octanol–water partition coefficient (Wildman–Crippen LogP) is 1.01. The maximum atomic E-state index is 12.8. The number of ether oxygens (including phenoxy) is 1. The highest BCUT2D eigenvalue weighted by Gasteiger charge is 2.37. The third-order valence-corrected chi connectivity index (χ3v) is 4.95. The number of nitriles is 1.